The van der Waals surface area contributed by atoms with E-state index >= 15 is 0 Å². The van der Waals surface area contributed by atoms with Crippen LogP contribution in [0.5, 0.6) is 0 Å². The van der Waals surface area contributed by atoms with Crippen LogP contribution in [-0.2, 0) is 0 Å². The fourth-order valence-electron chi connectivity index (χ4n) is 1.54. The predicted molar refractivity (Wildman–Crippen MR) is 72.9 cm³/mol. The summed E-state index contributed by atoms with van der Waals surface area (Å²) in [5.41, 5.74) is 2.05. The molecule has 0 fully saturated rings. The third-order valence-corrected chi connectivity index (χ3v) is 2.48. The lowest BCUT2D eigenvalue weighted by Crippen LogP contribution is -2.12. The first kappa shape index (κ1) is 12.3. The summed E-state index contributed by atoms with van der Waals surface area (Å²) in [5.74, 6) is 0. The molecule has 0 aliphatic rings. The van der Waals surface area contributed by atoms with Crippen LogP contribution < -0.4 is 5.11 Å². The largest absolute Gasteiger partial charge is 0.945 e. The number of hydrogen-bond acceptors (Lipinski definition) is 1. The SMILES string of the molecule is [O-][C-](C=Cc1ccccc1)[CH-][CH-]c1ccccc1. The molecule has 1 nitrogen and oxygen atoms in total. The lowest BCUT2D eigenvalue weighted by Gasteiger charge is -2.46. The molecule has 2 rings (SSSR count). The standard InChI is InChI=1S/C17H14O/c18-17(13-11-15-7-3-1-4-8-15)14-12-16-9-5-2-6-10-16/h1-14H/q-4. The summed E-state index contributed by atoms with van der Waals surface area (Å²) in [5, 5.41) is 11.6. The van der Waals surface area contributed by atoms with Crippen LogP contribution in [0.1, 0.15) is 11.1 Å². The minimum atomic E-state index is -0.0114. The predicted octanol–water partition coefficient (Wildman–Crippen LogP) is 3.05. The van der Waals surface area contributed by atoms with Gasteiger partial charge >= 0.3 is 0 Å². The second kappa shape index (κ2) is 6.58. The molecule has 1 heteroatoms. The molecule has 18 heavy (non-hydrogen) atoms. The molecular weight excluding hydrogens is 220 g/mol. The van der Waals surface area contributed by atoms with Crippen LogP contribution in [0.4, 0.5) is 0 Å². The van der Waals surface area contributed by atoms with Gasteiger partial charge in [0.05, 0.1) is 0 Å². The Kier molecular flexibility index (Phi) is 4.51. The van der Waals surface area contributed by atoms with E-state index in [-0.39, 0.29) is 6.10 Å². The maximum absolute atomic E-state index is 11.6. The van der Waals surface area contributed by atoms with Gasteiger partial charge in [-0.15, -0.1) is 17.7 Å². The quantitative estimate of drug-likeness (QED) is 0.729. The van der Waals surface area contributed by atoms with Crippen LogP contribution in [0.15, 0.2) is 66.7 Å². The molecule has 0 heterocycles. The van der Waals surface area contributed by atoms with Gasteiger partial charge in [0, 0.05) is 0 Å². The van der Waals surface area contributed by atoms with Gasteiger partial charge < -0.3 is 24.1 Å². The molecule has 0 spiro atoms. The molecule has 0 aromatic heterocycles. The van der Waals surface area contributed by atoms with Crippen LogP contribution >= 0.6 is 0 Å². The van der Waals surface area contributed by atoms with E-state index in [1.807, 2.05) is 73.2 Å². The van der Waals surface area contributed by atoms with E-state index in [4.69, 9.17) is 0 Å². The van der Waals surface area contributed by atoms with E-state index in [9.17, 15) is 5.11 Å². The van der Waals surface area contributed by atoms with Crippen molar-refractivity contribution in [3.05, 3.63) is 96.8 Å². The lowest BCUT2D eigenvalue weighted by molar-refractivity contribution is -0.333. The summed E-state index contributed by atoms with van der Waals surface area (Å²) in [6.45, 7) is 0. The fourth-order valence-corrected chi connectivity index (χ4v) is 1.54. The zero-order chi connectivity index (χ0) is 12.6. The minimum absolute atomic E-state index is 0.0114. The molecule has 0 unspecified atom stereocenters. The number of benzene rings is 2. The monoisotopic (exact) mass is 234 g/mol. The smallest absolute Gasteiger partial charge is 0.0623 e. The second-order valence-corrected chi connectivity index (χ2v) is 3.89. The molecule has 0 bridgehead atoms. The normalized spacial score (nSPS) is 10.5. The van der Waals surface area contributed by atoms with Crippen molar-refractivity contribution in [1.82, 2.24) is 0 Å². The van der Waals surface area contributed by atoms with Crippen LogP contribution in [-0.4, -0.2) is 0 Å². The van der Waals surface area contributed by atoms with Crippen LogP contribution in [0.3, 0.4) is 0 Å². The van der Waals surface area contributed by atoms with Gasteiger partial charge in [-0.25, -0.2) is 11.6 Å². The lowest BCUT2D eigenvalue weighted by atomic mass is 10.1. The van der Waals surface area contributed by atoms with Crippen LogP contribution in [0.2, 0.25) is 0 Å². The van der Waals surface area contributed by atoms with Crippen molar-refractivity contribution >= 4 is 6.08 Å². The van der Waals surface area contributed by atoms with Crippen molar-refractivity contribution in [2.75, 3.05) is 0 Å². The van der Waals surface area contributed by atoms with Gasteiger partial charge in [0.15, 0.2) is 0 Å². The number of rotatable bonds is 5. The first-order chi connectivity index (χ1) is 8.84. The highest BCUT2D eigenvalue weighted by molar-refractivity contribution is 5.51. The average molecular weight is 234 g/mol. The molecule has 0 saturated carbocycles. The molecule has 0 aliphatic heterocycles. The first-order valence-electron chi connectivity index (χ1n) is 5.85. The van der Waals surface area contributed by atoms with Crippen molar-refractivity contribution in [2.45, 2.75) is 0 Å². The summed E-state index contributed by atoms with van der Waals surface area (Å²) in [6.07, 6.45) is 6.78. The summed E-state index contributed by atoms with van der Waals surface area (Å²) >= 11 is 0. The van der Waals surface area contributed by atoms with E-state index in [0.29, 0.717) is 0 Å². The Balaban J connectivity index is 1.82. The van der Waals surface area contributed by atoms with Gasteiger partial charge in [-0.3, -0.25) is 6.08 Å². The number of hydrogen-bond donors (Lipinski definition) is 0. The molecule has 0 aliphatic carbocycles. The molecule has 0 atom stereocenters. The highest BCUT2D eigenvalue weighted by atomic mass is 16.3. The summed E-state index contributed by atoms with van der Waals surface area (Å²) in [4.78, 5) is 0. The Morgan fingerprint density at radius 2 is 1.50 bits per heavy atom. The Bertz CT molecular complexity index is 473. The Morgan fingerprint density at radius 1 is 0.889 bits per heavy atom. The van der Waals surface area contributed by atoms with Gasteiger partial charge in [-0.05, 0) is 0 Å². The van der Waals surface area contributed by atoms with Crippen LogP contribution in [0.25, 0.3) is 6.08 Å². The average Bonchev–Trinajstić information content (AvgIpc) is 2.45. The Morgan fingerprint density at radius 3 is 2.17 bits per heavy atom. The van der Waals surface area contributed by atoms with E-state index < -0.39 is 0 Å². The molecule has 2 aromatic carbocycles. The maximum Gasteiger partial charge on any atom is -0.0623 e. The van der Waals surface area contributed by atoms with Gasteiger partial charge in [-0.1, -0.05) is 36.4 Å². The topological polar surface area (TPSA) is 23.1 Å². The minimum Gasteiger partial charge on any atom is -0.945 e. The molecular formula is C17H14O-4. The highest BCUT2D eigenvalue weighted by Crippen LogP contribution is 2.11. The zero-order valence-electron chi connectivity index (χ0n) is 9.99. The molecule has 0 saturated heterocycles. The summed E-state index contributed by atoms with van der Waals surface area (Å²) < 4.78 is 0. The Labute approximate surface area is 108 Å². The van der Waals surface area contributed by atoms with Crippen molar-refractivity contribution in [2.24, 2.45) is 0 Å². The molecule has 0 amide bonds. The first-order valence-corrected chi connectivity index (χ1v) is 5.85. The van der Waals surface area contributed by atoms with Crippen molar-refractivity contribution < 1.29 is 5.11 Å². The molecule has 0 radical (unpaired) electrons. The maximum atomic E-state index is 11.6. The molecule has 2 aromatic rings. The van der Waals surface area contributed by atoms with Gasteiger partial charge in [0.2, 0.25) is 0 Å². The van der Waals surface area contributed by atoms with Gasteiger partial charge in [-0.2, -0.15) is 12.1 Å². The zero-order valence-corrected chi connectivity index (χ0v) is 9.99. The molecule has 0 N–H and O–H groups in total. The van der Waals surface area contributed by atoms with Crippen molar-refractivity contribution in [3.8, 4) is 0 Å². The van der Waals surface area contributed by atoms with Gasteiger partial charge in [0.1, 0.15) is 0 Å². The van der Waals surface area contributed by atoms with E-state index in [1.54, 1.807) is 12.5 Å². The molecule has 92 valence electrons. The van der Waals surface area contributed by atoms with E-state index in [1.165, 1.54) is 0 Å². The van der Waals surface area contributed by atoms with Crippen molar-refractivity contribution in [1.29, 1.82) is 0 Å². The summed E-state index contributed by atoms with van der Waals surface area (Å²) in [7, 11) is 0. The van der Waals surface area contributed by atoms with E-state index in [0.717, 1.165) is 11.1 Å². The summed E-state index contributed by atoms with van der Waals surface area (Å²) in [6, 6.07) is 19.6. The fraction of sp³-hybridized carbons (Fsp3) is 0. The van der Waals surface area contributed by atoms with Crippen LogP contribution in [0, 0.1) is 18.9 Å². The van der Waals surface area contributed by atoms with Crippen molar-refractivity contribution in [3.63, 3.8) is 0 Å². The highest BCUT2D eigenvalue weighted by Gasteiger charge is 1.74. The second-order valence-electron chi connectivity index (χ2n) is 3.89. The van der Waals surface area contributed by atoms with E-state index in [2.05, 4.69) is 0 Å². The third-order valence-electron chi connectivity index (χ3n) is 2.48. The van der Waals surface area contributed by atoms with Gasteiger partial charge in [0.25, 0.3) is 0 Å². The Hall–Kier alpha value is -2.12. The third kappa shape index (κ3) is 4.04.